The summed E-state index contributed by atoms with van der Waals surface area (Å²) in [7, 11) is 0.616. The number of methoxy groups -OCH3 is 1. The summed E-state index contributed by atoms with van der Waals surface area (Å²) in [5.74, 6) is -0.160. The van der Waals surface area contributed by atoms with Crippen LogP contribution in [-0.2, 0) is 28.6 Å². The van der Waals surface area contributed by atoms with E-state index in [0.717, 1.165) is 17.0 Å². The molecule has 0 aliphatic carbocycles. The highest BCUT2D eigenvalue weighted by Gasteiger charge is 2.13. The van der Waals surface area contributed by atoms with Crippen LogP contribution in [0.3, 0.4) is 0 Å². The number of ether oxygens (including phenoxy) is 1. The molecule has 6 nitrogen and oxygen atoms in total. The predicted molar refractivity (Wildman–Crippen MR) is 93.5 cm³/mol. The lowest BCUT2D eigenvalue weighted by Gasteiger charge is -2.07. The first-order chi connectivity index (χ1) is 11.4. The molecule has 1 amide bonds. The minimum atomic E-state index is -1.04. The van der Waals surface area contributed by atoms with E-state index in [1.807, 2.05) is 18.5 Å². The zero-order chi connectivity index (χ0) is 17.7. The van der Waals surface area contributed by atoms with E-state index in [9.17, 15) is 9.00 Å². The molecule has 2 aromatic rings. The molecule has 24 heavy (non-hydrogen) atoms. The maximum Gasteiger partial charge on any atom is 0.251 e. The molecule has 7 heteroatoms. The summed E-state index contributed by atoms with van der Waals surface area (Å²) in [4.78, 5) is 13.0. The molecule has 0 aliphatic rings. The van der Waals surface area contributed by atoms with Crippen molar-refractivity contribution in [3.63, 3.8) is 0 Å². The van der Waals surface area contributed by atoms with Crippen molar-refractivity contribution in [1.29, 1.82) is 0 Å². The Labute approximate surface area is 144 Å². The highest BCUT2D eigenvalue weighted by Crippen LogP contribution is 2.13. The molecule has 1 heterocycles. The van der Waals surface area contributed by atoms with Gasteiger partial charge in [-0.25, -0.2) is 0 Å². The average Bonchev–Trinajstić information content (AvgIpc) is 2.84. The number of benzene rings is 1. The van der Waals surface area contributed by atoms with Crippen LogP contribution in [-0.4, -0.2) is 39.9 Å². The standard InChI is InChI=1S/C17H23N3O3S/c1-12-16(13(2)20(19-12)9-10-23-3)11-18-17(21)14-5-7-15(8-6-14)24(4)22/h5-8H,9-11H2,1-4H3,(H,18,21). The lowest BCUT2D eigenvalue weighted by atomic mass is 10.1. The number of aryl methyl sites for hydroxylation is 1. The summed E-state index contributed by atoms with van der Waals surface area (Å²) in [6, 6.07) is 6.80. The highest BCUT2D eigenvalue weighted by molar-refractivity contribution is 7.84. The van der Waals surface area contributed by atoms with Gasteiger partial charge in [0.15, 0.2) is 0 Å². The van der Waals surface area contributed by atoms with Crippen molar-refractivity contribution in [2.45, 2.75) is 31.8 Å². The number of amides is 1. The Kier molecular flexibility index (Phi) is 6.28. The Bertz CT molecular complexity index is 738. The first-order valence-corrected chi connectivity index (χ1v) is 9.23. The molecular formula is C17H23N3O3S. The van der Waals surface area contributed by atoms with Crippen LogP contribution in [0.15, 0.2) is 29.2 Å². The van der Waals surface area contributed by atoms with E-state index in [4.69, 9.17) is 4.74 Å². The van der Waals surface area contributed by atoms with E-state index in [1.165, 1.54) is 0 Å². The lowest BCUT2D eigenvalue weighted by Crippen LogP contribution is -2.23. The number of aromatic nitrogens is 2. The van der Waals surface area contributed by atoms with Crippen molar-refractivity contribution >= 4 is 16.7 Å². The third kappa shape index (κ3) is 4.30. The second kappa shape index (κ2) is 8.21. The van der Waals surface area contributed by atoms with Crippen LogP contribution in [0.4, 0.5) is 0 Å². The van der Waals surface area contributed by atoms with E-state index in [-0.39, 0.29) is 5.91 Å². The first-order valence-electron chi connectivity index (χ1n) is 7.67. The Morgan fingerprint density at radius 1 is 1.29 bits per heavy atom. The van der Waals surface area contributed by atoms with Crippen LogP contribution in [0.5, 0.6) is 0 Å². The van der Waals surface area contributed by atoms with E-state index >= 15 is 0 Å². The zero-order valence-corrected chi connectivity index (χ0v) is 15.3. The summed E-state index contributed by atoms with van der Waals surface area (Å²) in [5.41, 5.74) is 3.50. The van der Waals surface area contributed by atoms with Gasteiger partial charge in [-0.15, -0.1) is 0 Å². The molecule has 1 unspecified atom stereocenters. The smallest absolute Gasteiger partial charge is 0.251 e. The third-order valence-corrected chi connectivity index (χ3v) is 4.85. The summed E-state index contributed by atoms with van der Waals surface area (Å²) >= 11 is 0. The van der Waals surface area contributed by atoms with Gasteiger partial charge in [0.25, 0.3) is 5.91 Å². The van der Waals surface area contributed by atoms with E-state index in [0.29, 0.717) is 30.2 Å². The fourth-order valence-corrected chi connectivity index (χ4v) is 2.97. The second-order valence-corrected chi connectivity index (χ2v) is 6.91. The second-order valence-electron chi connectivity index (χ2n) is 5.53. The quantitative estimate of drug-likeness (QED) is 0.827. The van der Waals surface area contributed by atoms with Gasteiger partial charge in [0.1, 0.15) is 0 Å². The first kappa shape index (κ1) is 18.4. The zero-order valence-electron chi connectivity index (χ0n) is 14.5. The molecule has 2 rings (SSSR count). The van der Waals surface area contributed by atoms with Crippen molar-refractivity contribution in [2.75, 3.05) is 20.0 Å². The molecule has 0 bridgehead atoms. The van der Waals surface area contributed by atoms with Gasteiger partial charge in [0.2, 0.25) is 0 Å². The van der Waals surface area contributed by atoms with Gasteiger partial charge in [-0.05, 0) is 38.1 Å². The van der Waals surface area contributed by atoms with Gasteiger partial charge in [0, 0.05) is 52.4 Å². The Morgan fingerprint density at radius 2 is 1.96 bits per heavy atom. The molecular weight excluding hydrogens is 326 g/mol. The molecule has 1 N–H and O–H groups in total. The molecule has 0 aliphatic heterocycles. The largest absolute Gasteiger partial charge is 0.383 e. The number of carbonyl (C=O) groups excluding carboxylic acids is 1. The minimum Gasteiger partial charge on any atom is -0.383 e. The molecule has 0 radical (unpaired) electrons. The minimum absolute atomic E-state index is 0.160. The monoisotopic (exact) mass is 349 g/mol. The average molecular weight is 349 g/mol. The number of hydrogen-bond acceptors (Lipinski definition) is 4. The Balaban J connectivity index is 2.03. The SMILES string of the molecule is COCCn1nc(C)c(CNC(=O)c2ccc(S(C)=O)cc2)c1C. The summed E-state index contributed by atoms with van der Waals surface area (Å²) in [5, 5.41) is 7.40. The van der Waals surface area contributed by atoms with Crippen molar-refractivity contribution in [3.8, 4) is 0 Å². The van der Waals surface area contributed by atoms with Crippen LogP contribution in [0.1, 0.15) is 27.3 Å². The molecule has 1 aromatic heterocycles. The molecule has 130 valence electrons. The topological polar surface area (TPSA) is 73.2 Å². The highest BCUT2D eigenvalue weighted by atomic mass is 32.2. The van der Waals surface area contributed by atoms with E-state index in [1.54, 1.807) is 37.6 Å². The van der Waals surface area contributed by atoms with Gasteiger partial charge >= 0.3 is 0 Å². The number of rotatable bonds is 7. The van der Waals surface area contributed by atoms with Gasteiger partial charge < -0.3 is 10.1 Å². The van der Waals surface area contributed by atoms with Gasteiger partial charge in [-0.3, -0.25) is 13.7 Å². The Hall–Kier alpha value is -1.99. The van der Waals surface area contributed by atoms with Gasteiger partial charge in [0.05, 0.1) is 18.8 Å². The predicted octanol–water partition coefficient (Wildman–Crippen LogP) is 1.81. The number of nitrogens with zero attached hydrogens (tertiary/aromatic N) is 2. The van der Waals surface area contributed by atoms with E-state index < -0.39 is 10.8 Å². The lowest BCUT2D eigenvalue weighted by molar-refractivity contribution is 0.0950. The van der Waals surface area contributed by atoms with Gasteiger partial charge in [-0.1, -0.05) is 0 Å². The van der Waals surface area contributed by atoms with Crippen LogP contribution >= 0.6 is 0 Å². The van der Waals surface area contributed by atoms with Crippen LogP contribution in [0.25, 0.3) is 0 Å². The summed E-state index contributed by atoms with van der Waals surface area (Å²) in [6.45, 7) is 5.63. The molecule has 0 saturated carbocycles. The molecule has 0 spiro atoms. The number of hydrogen-bond donors (Lipinski definition) is 1. The molecule has 1 atom stereocenters. The van der Waals surface area contributed by atoms with Crippen molar-refractivity contribution in [1.82, 2.24) is 15.1 Å². The van der Waals surface area contributed by atoms with E-state index in [2.05, 4.69) is 10.4 Å². The summed E-state index contributed by atoms with van der Waals surface area (Å²) < 4.78 is 18.4. The normalized spacial score (nSPS) is 12.2. The molecule has 0 fully saturated rings. The fraction of sp³-hybridized carbons (Fsp3) is 0.412. The molecule has 1 aromatic carbocycles. The van der Waals surface area contributed by atoms with Gasteiger partial charge in [-0.2, -0.15) is 5.10 Å². The third-order valence-electron chi connectivity index (χ3n) is 3.91. The fourth-order valence-electron chi connectivity index (χ4n) is 2.45. The molecule has 0 saturated heterocycles. The Morgan fingerprint density at radius 3 is 2.54 bits per heavy atom. The van der Waals surface area contributed by atoms with Crippen LogP contribution in [0.2, 0.25) is 0 Å². The van der Waals surface area contributed by atoms with Crippen LogP contribution in [0, 0.1) is 13.8 Å². The maximum absolute atomic E-state index is 12.3. The number of carbonyl (C=O) groups is 1. The van der Waals surface area contributed by atoms with Crippen molar-refractivity contribution < 1.29 is 13.7 Å². The summed E-state index contributed by atoms with van der Waals surface area (Å²) in [6.07, 6.45) is 1.61. The van der Waals surface area contributed by atoms with Crippen molar-refractivity contribution in [3.05, 3.63) is 46.8 Å². The maximum atomic E-state index is 12.3. The van der Waals surface area contributed by atoms with Crippen molar-refractivity contribution in [2.24, 2.45) is 0 Å². The number of nitrogens with one attached hydrogen (secondary N) is 1. The van der Waals surface area contributed by atoms with Crippen LogP contribution < -0.4 is 5.32 Å².